The normalized spacial score (nSPS) is 13.2. The lowest BCUT2D eigenvalue weighted by Crippen LogP contribution is -2.37. The second kappa shape index (κ2) is 64.0. The highest BCUT2D eigenvalue weighted by atomic mass is 31.2. The number of unbranched alkanes of at least 4 members (excludes halogenated alkanes) is 50. The van der Waals surface area contributed by atoms with Crippen LogP contribution in [0.1, 0.15) is 373 Å². The lowest BCUT2D eigenvalue weighted by molar-refractivity contribution is -0.870. The third-order valence-corrected chi connectivity index (χ3v) is 17.4. The van der Waals surface area contributed by atoms with Gasteiger partial charge in [0.25, 0.3) is 0 Å². The Hall–Kier alpha value is -1.51. The number of phosphoric ester groups is 1. The zero-order valence-electron chi connectivity index (χ0n) is 55.5. The maximum absolute atomic E-state index is 12.9. The molecule has 0 aromatic carbocycles. The van der Waals surface area contributed by atoms with Crippen LogP contribution in [0, 0.1) is 0 Å². The fourth-order valence-corrected chi connectivity index (χ4v) is 11.6. The fourth-order valence-electron chi connectivity index (χ4n) is 10.9. The van der Waals surface area contributed by atoms with Crippen LogP contribution in [0.4, 0.5) is 0 Å². The summed E-state index contributed by atoms with van der Waals surface area (Å²) in [7, 11) is 1.50. The quantitative estimate of drug-likeness (QED) is 0.0211. The van der Waals surface area contributed by atoms with Gasteiger partial charge in [0.2, 0.25) is 0 Å². The number of carbonyl (C=O) groups is 2. The number of hydrogen-bond acceptors (Lipinski definition) is 7. The molecule has 82 heavy (non-hydrogen) atoms. The molecule has 0 rings (SSSR count). The average molecular weight is 1180 g/mol. The highest BCUT2D eigenvalue weighted by molar-refractivity contribution is 7.47. The van der Waals surface area contributed by atoms with Gasteiger partial charge in [-0.25, -0.2) is 4.57 Å². The second-order valence-corrected chi connectivity index (χ2v) is 27.4. The maximum Gasteiger partial charge on any atom is 0.472 e. The fraction of sp³-hybridized carbons (Fsp3) is 0.917. The smallest absolute Gasteiger partial charge is 0.462 e. The molecule has 0 radical (unpaired) electrons. The molecule has 9 nitrogen and oxygen atoms in total. The van der Waals surface area contributed by atoms with Gasteiger partial charge in [-0.05, 0) is 64.2 Å². The molecule has 2 atom stereocenters. The van der Waals surface area contributed by atoms with Crippen molar-refractivity contribution in [2.24, 2.45) is 0 Å². The van der Waals surface area contributed by atoms with Crippen LogP contribution in [0.15, 0.2) is 24.3 Å². The lowest BCUT2D eigenvalue weighted by atomic mass is 10.0. The van der Waals surface area contributed by atoms with Gasteiger partial charge in [-0.3, -0.25) is 18.6 Å². The Morgan fingerprint density at radius 3 is 0.902 bits per heavy atom. The Kier molecular flexibility index (Phi) is 62.8. The largest absolute Gasteiger partial charge is 0.472 e. The minimum Gasteiger partial charge on any atom is -0.462 e. The van der Waals surface area contributed by atoms with Crippen molar-refractivity contribution < 1.29 is 42.1 Å². The molecule has 0 bridgehead atoms. The van der Waals surface area contributed by atoms with Crippen LogP contribution in [0.2, 0.25) is 0 Å². The number of carbonyl (C=O) groups excluding carboxylic acids is 2. The summed E-state index contributed by atoms with van der Waals surface area (Å²) in [5.41, 5.74) is 0. The summed E-state index contributed by atoms with van der Waals surface area (Å²) in [4.78, 5) is 35.8. The van der Waals surface area contributed by atoms with E-state index in [0.29, 0.717) is 23.9 Å². The summed E-state index contributed by atoms with van der Waals surface area (Å²) in [5.74, 6) is -0.778. The Labute approximate surface area is 510 Å². The third kappa shape index (κ3) is 67.6. The molecule has 10 heteroatoms. The van der Waals surface area contributed by atoms with Crippen molar-refractivity contribution >= 4 is 19.8 Å². The summed E-state index contributed by atoms with van der Waals surface area (Å²) >= 11 is 0. The van der Waals surface area contributed by atoms with Crippen molar-refractivity contribution in [1.82, 2.24) is 0 Å². The SMILES string of the molecule is CCCCCCCCCC/C=C\CCCCCCCCCCCCCCCCCCCCCCCCCCCC(=O)OC(COC(=O)CCCCCCCCCCC/C=C\CCCCCCCCCC)COP(=O)(O)OCC[N+](C)(C)C. The molecule has 0 aliphatic heterocycles. The Bertz CT molecular complexity index is 1430. The van der Waals surface area contributed by atoms with Crippen LogP contribution in [-0.4, -0.2) is 74.9 Å². The molecule has 0 heterocycles. The molecule has 486 valence electrons. The zero-order valence-corrected chi connectivity index (χ0v) is 56.4. The summed E-state index contributed by atoms with van der Waals surface area (Å²) in [6.45, 7) is 4.50. The first kappa shape index (κ1) is 80.5. The van der Waals surface area contributed by atoms with Crippen molar-refractivity contribution in [3.05, 3.63) is 24.3 Å². The minimum atomic E-state index is -4.39. The monoisotopic (exact) mass is 1180 g/mol. The number of phosphoric acid groups is 1. The number of hydrogen-bond donors (Lipinski definition) is 1. The van der Waals surface area contributed by atoms with Crippen molar-refractivity contribution in [2.75, 3.05) is 47.5 Å². The average Bonchev–Trinajstić information content (AvgIpc) is 3.46. The van der Waals surface area contributed by atoms with Gasteiger partial charge in [-0.2, -0.15) is 0 Å². The molecule has 0 saturated carbocycles. The van der Waals surface area contributed by atoms with Crippen LogP contribution in [-0.2, 0) is 32.7 Å². The van der Waals surface area contributed by atoms with Gasteiger partial charge < -0.3 is 18.9 Å². The Balaban J connectivity index is 3.92. The van der Waals surface area contributed by atoms with E-state index in [9.17, 15) is 19.0 Å². The number of likely N-dealkylation sites (N-methyl/N-ethyl adjacent to an activating group) is 1. The molecule has 0 aromatic heterocycles. The summed E-state index contributed by atoms with van der Waals surface area (Å²) in [6, 6.07) is 0. The molecule has 0 fully saturated rings. The topological polar surface area (TPSA) is 108 Å². The zero-order chi connectivity index (χ0) is 59.8. The standard InChI is InChI=1S/C72H140NO8P/c1-6-8-10-12-14-16-18-20-22-24-26-28-29-30-31-32-33-34-35-36-37-38-39-40-41-42-43-45-47-49-51-53-55-57-59-61-63-65-72(75)81-70(69-80-82(76,77)79-67-66-73(3,4)5)68-78-71(74)64-62-60-58-56-54-52-50-48-46-44-27-25-23-21-19-17-15-13-11-9-7-2/h24-27,70H,6-23,28-69H2,1-5H3/p+1/b26-24-,27-25-. The second-order valence-electron chi connectivity index (χ2n) is 26.0. The van der Waals surface area contributed by atoms with Crippen molar-refractivity contribution in [3.63, 3.8) is 0 Å². The maximum atomic E-state index is 12.9. The van der Waals surface area contributed by atoms with E-state index < -0.39 is 26.5 Å². The van der Waals surface area contributed by atoms with Crippen molar-refractivity contribution in [2.45, 2.75) is 380 Å². The lowest BCUT2D eigenvalue weighted by Gasteiger charge is -2.24. The molecule has 0 aliphatic carbocycles. The molecule has 2 unspecified atom stereocenters. The third-order valence-electron chi connectivity index (χ3n) is 16.5. The number of quaternary nitrogens is 1. The molecule has 0 spiro atoms. The summed E-state index contributed by atoms with van der Waals surface area (Å²) in [6.07, 6.45) is 80.2. The van der Waals surface area contributed by atoms with E-state index in [1.807, 2.05) is 21.1 Å². The minimum absolute atomic E-state index is 0.0348. The van der Waals surface area contributed by atoms with E-state index in [2.05, 4.69) is 38.2 Å². The van der Waals surface area contributed by atoms with E-state index in [-0.39, 0.29) is 25.6 Å². The predicted octanol–water partition coefficient (Wildman–Crippen LogP) is 23.3. The van der Waals surface area contributed by atoms with Gasteiger partial charge in [-0.15, -0.1) is 0 Å². The molecule has 1 N–H and O–H groups in total. The number of esters is 2. The van der Waals surface area contributed by atoms with Gasteiger partial charge in [0.15, 0.2) is 6.10 Å². The van der Waals surface area contributed by atoms with E-state index in [0.717, 1.165) is 32.1 Å². The highest BCUT2D eigenvalue weighted by Crippen LogP contribution is 2.43. The number of ether oxygens (including phenoxy) is 2. The van der Waals surface area contributed by atoms with Crippen LogP contribution < -0.4 is 0 Å². The summed E-state index contributed by atoms with van der Waals surface area (Å²) < 4.78 is 34.7. The molecule has 0 aliphatic rings. The number of nitrogens with zero attached hydrogens (tertiary/aromatic N) is 1. The molecular weight excluding hydrogens is 1040 g/mol. The molecule has 0 saturated heterocycles. The van der Waals surface area contributed by atoms with Gasteiger partial charge in [0.1, 0.15) is 19.8 Å². The first-order valence-electron chi connectivity index (χ1n) is 36.1. The van der Waals surface area contributed by atoms with Crippen LogP contribution in [0.5, 0.6) is 0 Å². The van der Waals surface area contributed by atoms with E-state index in [1.165, 1.54) is 308 Å². The van der Waals surface area contributed by atoms with Gasteiger partial charge in [-0.1, -0.05) is 321 Å². The highest BCUT2D eigenvalue weighted by Gasteiger charge is 2.27. The predicted molar refractivity (Wildman–Crippen MR) is 354 cm³/mol. The first-order chi connectivity index (χ1) is 40.0. The van der Waals surface area contributed by atoms with Crippen molar-refractivity contribution in [3.8, 4) is 0 Å². The van der Waals surface area contributed by atoms with Gasteiger partial charge in [0.05, 0.1) is 27.7 Å². The van der Waals surface area contributed by atoms with Crippen LogP contribution in [0.3, 0.4) is 0 Å². The van der Waals surface area contributed by atoms with E-state index in [4.69, 9.17) is 18.5 Å². The van der Waals surface area contributed by atoms with Crippen LogP contribution >= 0.6 is 7.82 Å². The van der Waals surface area contributed by atoms with E-state index in [1.54, 1.807) is 0 Å². The van der Waals surface area contributed by atoms with Crippen LogP contribution in [0.25, 0.3) is 0 Å². The van der Waals surface area contributed by atoms with Gasteiger partial charge >= 0.3 is 19.8 Å². The first-order valence-corrected chi connectivity index (χ1v) is 37.6. The molecule has 0 aromatic rings. The number of allylic oxidation sites excluding steroid dienone is 4. The Morgan fingerprint density at radius 2 is 0.622 bits per heavy atom. The number of rotatable bonds is 68. The van der Waals surface area contributed by atoms with Crippen molar-refractivity contribution in [1.29, 1.82) is 0 Å². The Morgan fingerprint density at radius 1 is 0.366 bits per heavy atom. The summed E-state index contributed by atoms with van der Waals surface area (Å²) in [5, 5.41) is 0. The molecule has 0 amide bonds. The van der Waals surface area contributed by atoms with E-state index >= 15 is 0 Å². The molecular formula is C72H141NO8P+. The van der Waals surface area contributed by atoms with Gasteiger partial charge in [0, 0.05) is 12.8 Å².